The van der Waals surface area contributed by atoms with Crippen molar-refractivity contribution in [3.05, 3.63) is 244 Å². The molecule has 0 saturated carbocycles. The fourth-order valence-corrected chi connectivity index (χ4v) is 11.9. The second kappa shape index (κ2) is 14.9. The molecule has 5 atom stereocenters. The SMILES string of the molecule is C=C/C(=C\C)C1=CC(C2c3ccccc3-c3cc(C4C=CC5=C(C4)c4ccccc4C(c4ccc6c7ccccc7c7ccccc7c6c4)C5C)ccc3C2C)=CCCC1=C. The number of allylic oxidation sites excluding steroid dienone is 12. The molecular formula is C61H52. The summed E-state index contributed by atoms with van der Waals surface area (Å²) in [6, 6.07) is 51.0. The van der Waals surface area contributed by atoms with E-state index in [1.54, 1.807) is 0 Å². The Bertz CT molecular complexity index is 3120. The topological polar surface area (TPSA) is 0 Å². The highest BCUT2D eigenvalue weighted by molar-refractivity contribution is 6.25. The van der Waals surface area contributed by atoms with Gasteiger partial charge in [0.15, 0.2) is 0 Å². The van der Waals surface area contributed by atoms with E-state index in [0.29, 0.717) is 17.8 Å². The monoisotopic (exact) mass is 784 g/mol. The predicted molar refractivity (Wildman–Crippen MR) is 261 cm³/mol. The van der Waals surface area contributed by atoms with Crippen molar-refractivity contribution >= 4 is 37.9 Å². The normalized spacial score (nSPS) is 22.2. The highest BCUT2D eigenvalue weighted by Gasteiger charge is 2.37. The zero-order valence-corrected chi connectivity index (χ0v) is 35.6. The van der Waals surface area contributed by atoms with Crippen LogP contribution >= 0.6 is 0 Å². The summed E-state index contributed by atoms with van der Waals surface area (Å²) >= 11 is 0. The lowest BCUT2D eigenvalue weighted by Crippen LogP contribution is -2.23. The van der Waals surface area contributed by atoms with Crippen LogP contribution in [0.25, 0.3) is 49.0 Å². The minimum absolute atomic E-state index is 0.273. The lowest BCUT2D eigenvalue weighted by Gasteiger charge is -2.38. The van der Waals surface area contributed by atoms with Crippen LogP contribution in [0.15, 0.2) is 211 Å². The smallest absolute Gasteiger partial charge is 0.0162 e. The van der Waals surface area contributed by atoms with Crippen LogP contribution in [0, 0.1) is 5.92 Å². The predicted octanol–water partition coefficient (Wildman–Crippen LogP) is 16.6. The summed E-state index contributed by atoms with van der Waals surface area (Å²) in [4.78, 5) is 0. The van der Waals surface area contributed by atoms with Crippen LogP contribution < -0.4 is 0 Å². The molecule has 0 spiro atoms. The Kier molecular flexibility index (Phi) is 9.16. The van der Waals surface area contributed by atoms with Gasteiger partial charge in [0.2, 0.25) is 0 Å². The molecule has 61 heavy (non-hydrogen) atoms. The van der Waals surface area contributed by atoms with Crippen molar-refractivity contribution in [3.63, 3.8) is 0 Å². The van der Waals surface area contributed by atoms with Gasteiger partial charge in [0, 0.05) is 17.8 Å². The van der Waals surface area contributed by atoms with Crippen molar-refractivity contribution < 1.29 is 0 Å². The first-order valence-corrected chi connectivity index (χ1v) is 22.4. The van der Waals surface area contributed by atoms with Crippen molar-refractivity contribution in [2.75, 3.05) is 0 Å². The molecule has 7 aromatic rings. The van der Waals surface area contributed by atoms with E-state index in [-0.39, 0.29) is 11.8 Å². The Balaban J connectivity index is 0.948. The van der Waals surface area contributed by atoms with Crippen LogP contribution in [0.1, 0.15) is 97.1 Å². The molecule has 0 heteroatoms. The average Bonchev–Trinajstić information content (AvgIpc) is 3.50. The molecule has 0 heterocycles. The molecule has 4 aliphatic carbocycles. The van der Waals surface area contributed by atoms with Crippen molar-refractivity contribution in [1.82, 2.24) is 0 Å². The number of fused-ring (bicyclic) bond motifs is 11. The molecule has 0 amide bonds. The number of hydrogen-bond donors (Lipinski definition) is 0. The molecule has 5 unspecified atom stereocenters. The Labute approximate surface area is 361 Å². The first-order chi connectivity index (χ1) is 29.9. The number of hydrogen-bond acceptors (Lipinski definition) is 0. The van der Waals surface area contributed by atoms with E-state index in [1.165, 1.54) is 110 Å². The van der Waals surface area contributed by atoms with Gasteiger partial charge in [-0.25, -0.2) is 0 Å². The maximum atomic E-state index is 4.49. The van der Waals surface area contributed by atoms with E-state index >= 15 is 0 Å². The Morgan fingerprint density at radius 2 is 1.23 bits per heavy atom. The van der Waals surface area contributed by atoms with Crippen LogP contribution in [-0.4, -0.2) is 0 Å². The van der Waals surface area contributed by atoms with Gasteiger partial charge in [-0.2, -0.15) is 0 Å². The molecule has 0 fully saturated rings. The molecule has 0 radical (unpaired) electrons. The number of rotatable bonds is 5. The van der Waals surface area contributed by atoms with Crippen LogP contribution in [0.2, 0.25) is 0 Å². The molecule has 0 saturated heterocycles. The lowest BCUT2D eigenvalue weighted by molar-refractivity contribution is 0.585. The van der Waals surface area contributed by atoms with E-state index in [9.17, 15) is 0 Å². The summed E-state index contributed by atoms with van der Waals surface area (Å²) in [5.74, 6) is 1.53. The lowest BCUT2D eigenvalue weighted by atomic mass is 9.65. The summed E-state index contributed by atoms with van der Waals surface area (Å²) in [5.41, 5.74) is 19.3. The van der Waals surface area contributed by atoms with Gasteiger partial charge in [-0.15, -0.1) is 0 Å². The Morgan fingerprint density at radius 3 is 1.93 bits per heavy atom. The molecule has 0 N–H and O–H groups in total. The largest absolute Gasteiger partial charge is 0.0985 e. The summed E-state index contributed by atoms with van der Waals surface area (Å²) in [6.07, 6.45) is 17.0. The Hall–Kier alpha value is -6.50. The average molecular weight is 785 g/mol. The summed E-state index contributed by atoms with van der Waals surface area (Å²) in [5, 5.41) is 7.99. The van der Waals surface area contributed by atoms with Crippen molar-refractivity contribution in [2.24, 2.45) is 5.92 Å². The Morgan fingerprint density at radius 1 is 0.607 bits per heavy atom. The maximum absolute atomic E-state index is 4.49. The second-order valence-electron chi connectivity index (χ2n) is 17.9. The van der Waals surface area contributed by atoms with Gasteiger partial charge in [-0.3, -0.25) is 0 Å². The first kappa shape index (κ1) is 37.5. The third-order valence-corrected chi connectivity index (χ3v) is 14.8. The van der Waals surface area contributed by atoms with Gasteiger partial charge in [-0.05, 0) is 154 Å². The fourth-order valence-electron chi connectivity index (χ4n) is 11.9. The van der Waals surface area contributed by atoms with E-state index in [2.05, 4.69) is 198 Å². The molecule has 0 aromatic heterocycles. The fraction of sp³-hybridized carbons (Fsp3) is 0.180. The van der Waals surface area contributed by atoms with Gasteiger partial charge in [0.25, 0.3) is 0 Å². The molecule has 0 nitrogen and oxygen atoms in total. The first-order valence-electron chi connectivity index (χ1n) is 22.4. The third kappa shape index (κ3) is 5.94. The van der Waals surface area contributed by atoms with Crippen molar-refractivity contribution in [2.45, 2.75) is 63.7 Å². The maximum Gasteiger partial charge on any atom is 0.0162 e. The summed E-state index contributed by atoms with van der Waals surface area (Å²) < 4.78 is 0. The second-order valence-corrected chi connectivity index (χ2v) is 17.9. The van der Waals surface area contributed by atoms with Crippen molar-refractivity contribution in [3.8, 4) is 11.1 Å². The third-order valence-electron chi connectivity index (χ3n) is 14.8. The minimum atomic E-state index is 0.273. The van der Waals surface area contributed by atoms with Gasteiger partial charge < -0.3 is 0 Å². The van der Waals surface area contributed by atoms with Crippen LogP contribution in [0.4, 0.5) is 0 Å². The molecule has 0 bridgehead atoms. The molecule has 296 valence electrons. The van der Waals surface area contributed by atoms with Gasteiger partial charge in [0.1, 0.15) is 0 Å². The molecule has 4 aliphatic rings. The van der Waals surface area contributed by atoms with Crippen molar-refractivity contribution in [1.29, 1.82) is 0 Å². The van der Waals surface area contributed by atoms with E-state index < -0.39 is 0 Å². The van der Waals surface area contributed by atoms with E-state index in [4.69, 9.17) is 0 Å². The highest BCUT2D eigenvalue weighted by Crippen LogP contribution is 2.54. The molecule has 0 aliphatic heterocycles. The minimum Gasteiger partial charge on any atom is -0.0985 e. The van der Waals surface area contributed by atoms with E-state index in [0.717, 1.165) is 19.3 Å². The molecule has 7 aromatic carbocycles. The van der Waals surface area contributed by atoms with Gasteiger partial charge in [-0.1, -0.05) is 191 Å². The molecular weight excluding hydrogens is 733 g/mol. The summed E-state index contributed by atoms with van der Waals surface area (Å²) in [7, 11) is 0. The van der Waals surface area contributed by atoms with Crippen LogP contribution in [0.3, 0.4) is 0 Å². The standard InChI is InChI=1S/C61H52/c1-6-40(7-2)56-35-43(18-16-17-37(56)3)60-38(4)45-30-27-41(33-57(45)51-23-12-14-25-54(51)60)42-28-31-46-39(5)61(55-26-15-13-24-52(55)58(46)34-42)44-29-32-53-49-21-9-8-19-47(49)48-20-10-11-22-50(48)59(53)36-44/h6-15,18-33,35-36,38-39,42,60-61H,1,3,16-17,34H2,2,4-5H3/b40-7+. The van der Waals surface area contributed by atoms with Gasteiger partial charge >= 0.3 is 0 Å². The molecule has 11 rings (SSSR count). The van der Waals surface area contributed by atoms with Gasteiger partial charge in [0.05, 0.1) is 0 Å². The highest BCUT2D eigenvalue weighted by atomic mass is 14.4. The van der Waals surface area contributed by atoms with Crippen LogP contribution in [-0.2, 0) is 0 Å². The number of benzene rings is 7. The van der Waals surface area contributed by atoms with E-state index in [1.807, 2.05) is 6.08 Å². The quantitative estimate of drug-likeness (QED) is 0.120. The zero-order chi connectivity index (χ0) is 41.4. The zero-order valence-electron chi connectivity index (χ0n) is 35.6. The summed E-state index contributed by atoms with van der Waals surface area (Å²) in [6.45, 7) is 15.6. The van der Waals surface area contributed by atoms with Crippen LogP contribution in [0.5, 0.6) is 0 Å².